The molecule has 0 spiro atoms. The minimum Gasteiger partial charge on any atom is -0.480 e. The zero-order chi connectivity index (χ0) is 9.84. The van der Waals surface area contributed by atoms with E-state index in [-0.39, 0.29) is 0 Å². The van der Waals surface area contributed by atoms with Gasteiger partial charge in [0, 0.05) is 5.02 Å². The molecule has 0 aliphatic carbocycles. The smallest absolute Gasteiger partial charge is 0.341 e. The second-order valence-electron chi connectivity index (χ2n) is 2.26. The van der Waals surface area contributed by atoms with E-state index in [1.165, 1.54) is 12.1 Å². The van der Waals surface area contributed by atoms with Crippen LogP contribution >= 0.6 is 23.2 Å². The van der Waals surface area contributed by atoms with Crippen LogP contribution in [0.2, 0.25) is 10.0 Å². The molecule has 0 saturated heterocycles. The van der Waals surface area contributed by atoms with Crippen molar-refractivity contribution in [3.8, 4) is 5.75 Å². The van der Waals surface area contributed by atoms with Crippen LogP contribution in [0.4, 0.5) is 0 Å². The van der Waals surface area contributed by atoms with Crippen molar-refractivity contribution in [1.29, 1.82) is 0 Å². The molecule has 70 valence electrons. The van der Waals surface area contributed by atoms with Crippen LogP contribution in [0.5, 0.6) is 5.75 Å². The third kappa shape index (κ3) is 3.13. The minimum atomic E-state index is -1.05. The molecular formula is C8H6Cl2O3. The van der Waals surface area contributed by atoms with Gasteiger partial charge in [-0.05, 0) is 18.2 Å². The van der Waals surface area contributed by atoms with E-state index < -0.39 is 12.6 Å². The van der Waals surface area contributed by atoms with Gasteiger partial charge >= 0.3 is 5.97 Å². The maximum atomic E-state index is 10.2. The lowest BCUT2D eigenvalue weighted by atomic mass is 10.5. The Balaban J connectivity index is 2.72. The van der Waals surface area contributed by atoms with Crippen molar-refractivity contribution in [2.24, 2.45) is 0 Å². The highest BCUT2D eigenvalue weighted by atomic mass is 35.5. The number of halogens is 2. The molecule has 0 aliphatic rings. The van der Waals surface area contributed by atoms with Crippen LogP contribution in [0.25, 0.3) is 0 Å². The lowest BCUT2D eigenvalue weighted by molar-refractivity contribution is -0.139. The van der Waals surface area contributed by atoms with E-state index in [4.69, 9.17) is 33.0 Å². The third-order valence-electron chi connectivity index (χ3n) is 1.25. The maximum absolute atomic E-state index is 10.2. The Labute approximate surface area is 84.8 Å². The zero-order valence-corrected chi connectivity index (χ0v) is 7.97. The van der Waals surface area contributed by atoms with Gasteiger partial charge in [0.1, 0.15) is 5.75 Å². The van der Waals surface area contributed by atoms with Crippen molar-refractivity contribution >= 4 is 29.2 Å². The molecule has 0 saturated carbocycles. The average molecular weight is 223 g/mol. The van der Waals surface area contributed by atoms with Gasteiger partial charge in [-0.15, -0.1) is 0 Å². The summed E-state index contributed by atoms with van der Waals surface area (Å²) in [5.41, 5.74) is 0. The van der Waals surface area contributed by atoms with Crippen LogP contribution in [0, 0.1) is 0 Å². The van der Waals surface area contributed by atoms with E-state index in [0.717, 1.165) is 0 Å². The molecule has 3 nitrogen and oxygen atoms in total. The number of hydrogen-bond donors (Lipinski definition) is 1. The molecule has 5 heteroatoms. The molecule has 0 atom stereocenters. The molecule has 1 N–H and O–H groups in total. The normalized spacial score (nSPS) is 9.69. The summed E-state index contributed by atoms with van der Waals surface area (Å²) in [7, 11) is 0. The molecule has 0 bridgehead atoms. The second kappa shape index (κ2) is 4.35. The SMILES string of the molecule is O=C(O)COc1ccc(Cl)c[14c]1Cl. The molecular weight excluding hydrogens is 217 g/mol. The highest BCUT2D eigenvalue weighted by Crippen LogP contribution is 2.27. The highest BCUT2D eigenvalue weighted by Gasteiger charge is 2.04. The molecule has 0 fully saturated rings. The fourth-order valence-electron chi connectivity index (χ4n) is 0.732. The Morgan fingerprint density at radius 1 is 1.62 bits per heavy atom. The van der Waals surface area contributed by atoms with E-state index >= 15 is 0 Å². The molecule has 0 radical (unpaired) electrons. The first-order chi connectivity index (χ1) is 6.09. The molecule has 1 aromatic rings. The molecule has 1 rings (SSSR count). The molecule has 1 aromatic carbocycles. The Morgan fingerprint density at radius 3 is 2.85 bits per heavy atom. The number of carboxylic acid groups (broad SMARTS) is 1. The van der Waals surface area contributed by atoms with Crippen LogP contribution < -0.4 is 4.74 Å². The monoisotopic (exact) mass is 222 g/mol. The summed E-state index contributed by atoms with van der Waals surface area (Å²) in [6.45, 7) is -0.415. The van der Waals surface area contributed by atoms with E-state index in [9.17, 15) is 4.79 Å². The van der Waals surface area contributed by atoms with Gasteiger partial charge in [-0.25, -0.2) is 4.79 Å². The Hall–Kier alpha value is -0.930. The predicted octanol–water partition coefficient (Wildman–Crippen LogP) is 2.46. The molecule has 13 heavy (non-hydrogen) atoms. The van der Waals surface area contributed by atoms with Gasteiger partial charge in [0.15, 0.2) is 6.61 Å². The molecule has 0 aromatic heterocycles. The number of carbonyl (C=O) groups is 1. The quantitative estimate of drug-likeness (QED) is 0.855. The van der Waals surface area contributed by atoms with Crippen molar-refractivity contribution in [3.63, 3.8) is 0 Å². The van der Waals surface area contributed by atoms with Crippen LogP contribution in [-0.2, 0) is 4.79 Å². The topological polar surface area (TPSA) is 46.5 Å². The predicted molar refractivity (Wildman–Crippen MR) is 49.6 cm³/mol. The first-order valence-electron chi connectivity index (χ1n) is 3.39. The number of hydrogen-bond acceptors (Lipinski definition) is 2. The standard InChI is InChI=1S/C8H6Cl2O3/c9-5-1-2-7(6(10)3-5)13-4-8(11)12/h1-3H,4H2,(H,11,12)/i6+2. The molecule has 0 amide bonds. The van der Waals surface area contributed by atoms with Crippen molar-refractivity contribution in [2.75, 3.05) is 6.61 Å². The maximum Gasteiger partial charge on any atom is 0.341 e. The lowest BCUT2D eigenvalue weighted by Crippen LogP contribution is -2.09. The summed E-state index contributed by atoms with van der Waals surface area (Å²) < 4.78 is 4.86. The first-order valence-corrected chi connectivity index (χ1v) is 4.15. The number of aliphatic carboxylic acids is 1. The summed E-state index contributed by atoms with van der Waals surface area (Å²) in [4.78, 5) is 10.2. The van der Waals surface area contributed by atoms with Crippen LogP contribution in [-0.4, -0.2) is 17.7 Å². The van der Waals surface area contributed by atoms with Gasteiger partial charge in [0.2, 0.25) is 0 Å². The zero-order valence-electron chi connectivity index (χ0n) is 6.46. The summed E-state index contributed by atoms with van der Waals surface area (Å²) in [5.74, 6) is -0.737. The Kier molecular flexibility index (Phi) is 3.39. The first kappa shape index (κ1) is 10.2. The van der Waals surface area contributed by atoms with E-state index in [1.54, 1.807) is 6.07 Å². The van der Waals surface area contributed by atoms with Crippen molar-refractivity contribution in [1.82, 2.24) is 0 Å². The fourth-order valence-corrected chi connectivity index (χ4v) is 1.19. The molecule has 0 aliphatic heterocycles. The summed E-state index contributed by atoms with van der Waals surface area (Å²) >= 11 is 11.3. The number of rotatable bonds is 3. The van der Waals surface area contributed by atoms with Gasteiger partial charge < -0.3 is 9.84 Å². The van der Waals surface area contributed by atoms with Gasteiger partial charge in [0.05, 0.1) is 5.02 Å². The average Bonchev–Trinajstić information content (AvgIpc) is 2.02. The van der Waals surface area contributed by atoms with Crippen LogP contribution in [0.1, 0.15) is 0 Å². The van der Waals surface area contributed by atoms with E-state index in [0.29, 0.717) is 15.8 Å². The Morgan fingerprint density at radius 2 is 2.31 bits per heavy atom. The van der Waals surface area contributed by atoms with Crippen molar-refractivity contribution in [3.05, 3.63) is 28.2 Å². The van der Waals surface area contributed by atoms with E-state index in [1.807, 2.05) is 0 Å². The second-order valence-corrected chi connectivity index (χ2v) is 3.10. The van der Waals surface area contributed by atoms with Crippen LogP contribution in [0.15, 0.2) is 18.2 Å². The Bertz CT molecular complexity index is 325. The van der Waals surface area contributed by atoms with Gasteiger partial charge in [0.25, 0.3) is 0 Å². The number of benzene rings is 1. The number of carboxylic acids is 1. The molecule has 0 unspecified atom stereocenters. The lowest BCUT2D eigenvalue weighted by Gasteiger charge is -2.04. The summed E-state index contributed by atoms with van der Waals surface area (Å²) in [6, 6.07) is 4.58. The summed E-state index contributed by atoms with van der Waals surface area (Å²) in [6.07, 6.45) is 0. The van der Waals surface area contributed by atoms with Crippen molar-refractivity contribution in [2.45, 2.75) is 0 Å². The largest absolute Gasteiger partial charge is 0.480 e. The molecule has 0 heterocycles. The van der Waals surface area contributed by atoms with Crippen molar-refractivity contribution < 1.29 is 14.6 Å². The minimum absolute atomic E-state index is 0.300. The highest BCUT2D eigenvalue weighted by molar-refractivity contribution is 6.35. The number of ether oxygens (including phenoxy) is 1. The van der Waals surface area contributed by atoms with Gasteiger partial charge in [-0.3, -0.25) is 0 Å². The third-order valence-corrected chi connectivity index (χ3v) is 1.78. The van der Waals surface area contributed by atoms with Gasteiger partial charge in [-0.1, -0.05) is 23.2 Å². The summed E-state index contributed by atoms with van der Waals surface area (Å²) in [5, 5.41) is 9.11. The van der Waals surface area contributed by atoms with Crippen LogP contribution in [0.3, 0.4) is 0 Å². The van der Waals surface area contributed by atoms with E-state index in [2.05, 4.69) is 0 Å². The van der Waals surface area contributed by atoms with Gasteiger partial charge in [-0.2, -0.15) is 0 Å². The fraction of sp³-hybridized carbons (Fsp3) is 0.125.